The monoisotopic (exact) mass is 328 g/mol. The quantitative estimate of drug-likeness (QED) is 0.838. The van der Waals surface area contributed by atoms with Crippen LogP contribution in [0.25, 0.3) is 0 Å². The summed E-state index contributed by atoms with van der Waals surface area (Å²) in [7, 11) is 1.66. The van der Waals surface area contributed by atoms with Gasteiger partial charge in [0.2, 0.25) is 5.95 Å². The molecule has 3 rings (SSSR count). The summed E-state index contributed by atoms with van der Waals surface area (Å²) >= 11 is 0. The molecule has 1 fully saturated rings. The van der Waals surface area contributed by atoms with E-state index in [1.54, 1.807) is 13.3 Å². The molecule has 0 saturated heterocycles. The normalized spacial score (nSPS) is 13.9. The zero-order valence-corrected chi connectivity index (χ0v) is 14.6. The van der Waals surface area contributed by atoms with E-state index in [-0.39, 0.29) is 5.95 Å². The number of nitrogens with zero attached hydrogens (tertiary/aromatic N) is 2. The first kappa shape index (κ1) is 16.4. The van der Waals surface area contributed by atoms with Gasteiger partial charge in [0.15, 0.2) is 11.6 Å². The van der Waals surface area contributed by atoms with E-state index in [1.807, 2.05) is 13.0 Å². The van der Waals surface area contributed by atoms with Crippen molar-refractivity contribution in [2.24, 2.45) is 0 Å². The summed E-state index contributed by atoms with van der Waals surface area (Å²) < 4.78 is 11.6. The highest BCUT2D eigenvalue weighted by Gasteiger charge is 2.24. The van der Waals surface area contributed by atoms with Crippen molar-refractivity contribution in [3.63, 3.8) is 0 Å². The topological polar surface area (TPSA) is 82.3 Å². The fourth-order valence-corrected chi connectivity index (χ4v) is 2.55. The number of nitrogens with one attached hydrogen (secondary N) is 1. The van der Waals surface area contributed by atoms with Crippen molar-refractivity contribution in [2.45, 2.75) is 45.6 Å². The molecule has 1 heterocycles. The van der Waals surface area contributed by atoms with Crippen LogP contribution in [0.15, 0.2) is 18.3 Å². The highest BCUT2D eigenvalue weighted by atomic mass is 16.5. The number of rotatable bonds is 6. The Morgan fingerprint density at radius 1 is 1.21 bits per heavy atom. The lowest BCUT2D eigenvalue weighted by atomic mass is 9.99. The number of hydrogen-bond acceptors (Lipinski definition) is 6. The van der Waals surface area contributed by atoms with Gasteiger partial charge in [0.1, 0.15) is 11.5 Å². The molecule has 0 aliphatic heterocycles. The third-order valence-electron chi connectivity index (χ3n) is 4.06. The Morgan fingerprint density at radius 2 is 1.96 bits per heavy atom. The number of benzene rings is 1. The van der Waals surface area contributed by atoms with Crippen LogP contribution in [-0.4, -0.2) is 23.1 Å². The summed E-state index contributed by atoms with van der Waals surface area (Å²) in [5, 5.41) is 3.35. The maximum atomic E-state index is 6.16. The zero-order valence-electron chi connectivity index (χ0n) is 14.6. The summed E-state index contributed by atoms with van der Waals surface area (Å²) in [6.45, 7) is 6.30. The van der Waals surface area contributed by atoms with Crippen LogP contribution in [0.4, 0.5) is 11.8 Å². The van der Waals surface area contributed by atoms with Crippen LogP contribution in [0, 0.1) is 6.92 Å². The standard InChI is InChI=1S/C18H24N4O2/c1-10(2)13-7-11(3)14(23-4)8-15(13)24-16-9-20-18(19)22-17(16)21-12-5-6-12/h7-10,12H,5-6H2,1-4H3,(H3,19,20,21,22). The van der Waals surface area contributed by atoms with Crippen molar-refractivity contribution in [1.82, 2.24) is 9.97 Å². The predicted molar refractivity (Wildman–Crippen MR) is 95.0 cm³/mol. The first-order chi connectivity index (χ1) is 11.5. The minimum absolute atomic E-state index is 0.232. The molecule has 1 aromatic carbocycles. The Bertz CT molecular complexity index is 742. The van der Waals surface area contributed by atoms with Crippen LogP contribution < -0.4 is 20.5 Å². The molecule has 24 heavy (non-hydrogen) atoms. The van der Waals surface area contributed by atoms with Gasteiger partial charge in [0.25, 0.3) is 0 Å². The number of aryl methyl sites for hydroxylation is 1. The number of methoxy groups -OCH3 is 1. The molecule has 1 saturated carbocycles. The van der Waals surface area contributed by atoms with Crippen LogP contribution in [-0.2, 0) is 0 Å². The van der Waals surface area contributed by atoms with E-state index in [4.69, 9.17) is 15.2 Å². The van der Waals surface area contributed by atoms with Crippen LogP contribution >= 0.6 is 0 Å². The Kier molecular flexibility index (Phi) is 4.46. The summed E-state index contributed by atoms with van der Waals surface area (Å²) in [6, 6.07) is 4.46. The van der Waals surface area contributed by atoms with Crippen molar-refractivity contribution in [1.29, 1.82) is 0 Å². The van der Waals surface area contributed by atoms with Gasteiger partial charge in [-0.1, -0.05) is 13.8 Å². The molecule has 6 heteroatoms. The Balaban J connectivity index is 1.98. The van der Waals surface area contributed by atoms with Gasteiger partial charge in [-0.15, -0.1) is 0 Å². The van der Waals surface area contributed by atoms with Crippen LogP contribution in [0.2, 0.25) is 0 Å². The average Bonchev–Trinajstić information content (AvgIpc) is 3.35. The first-order valence-corrected chi connectivity index (χ1v) is 8.23. The fourth-order valence-electron chi connectivity index (χ4n) is 2.55. The minimum atomic E-state index is 0.232. The number of aromatic nitrogens is 2. The number of nitrogen functional groups attached to an aromatic ring is 1. The van der Waals surface area contributed by atoms with Gasteiger partial charge < -0.3 is 20.5 Å². The van der Waals surface area contributed by atoms with E-state index in [0.29, 0.717) is 23.5 Å². The molecule has 0 radical (unpaired) electrons. The van der Waals surface area contributed by atoms with Crippen molar-refractivity contribution < 1.29 is 9.47 Å². The molecule has 2 aromatic rings. The van der Waals surface area contributed by atoms with E-state index in [9.17, 15) is 0 Å². The molecular weight excluding hydrogens is 304 g/mol. The van der Waals surface area contributed by atoms with Gasteiger partial charge in [-0.05, 0) is 42.9 Å². The number of ether oxygens (including phenoxy) is 2. The second kappa shape index (κ2) is 6.55. The summed E-state index contributed by atoms with van der Waals surface area (Å²) in [6.07, 6.45) is 3.89. The predicted octanol–water partition coefficient (Wildman–Crippen LogP) is 3.87. The molecule has 1 aliphatic rings. The SMILES string of the molecule is COc1cc(Oc2cnc(N)nc2NC2CC2)c(C(C)C)cc1C. The van der Waals surface area contributed by atoms with Crippen molar-refractivity contribution in [3.8, 4) is 17.2 Å². The highest BCUT2D eigenvalue weighted by Crippen LogP contribution is 2.38. The van der Waals surface area contributed by atoms with E-state index in [2.05, 4.69) is 35.2 Å². The van der Waals surface area contributed by atoms with Gasteiger partial charge in [0.05, 0.1) is 13.3 Å². The van der Waals surface area contributed by atoms with Crippen molar-refractivity contribution >= 4 is 11.8 Å². The lowest BCUT2D eigenvalue weighted by Crippen LogP contribution is -2.08. The third kappa shape index (κ3) is 3.53. The molecule has 1 aromatic heterocycles. The molecule has 0 bridgehead atoms. The molecule has 0 unspecified atom stereocenters. The zero-order chi connectivity index (χ0) is 17.3. The van der Waals surface area contributed by atoms with Gasteiger partial charge in [-0.2, -0.15) is 4.98 Å². The third-order valence-corrected chi connectivity index (χ3v) is 4.06. The highest BCUT2D eigenvalue weighted by molar-refractivity contribution is 5.56. The number of nitrogens with two attached hydrogens (primary N) is 1. The lowest BCUT2D eigenvalue weighted by Gasteiger charge is -2.18. The smallest absolute Gasteiger partial charge is 0.222 e. The summed E-state index contributed by atoms with van der Waals surface area (Å²) in [4.78, 5) is 8.35. The van der Waals surface area contributed by atoms with Crippen molar-refractivity contribution in [2.75, 3.05) is 18.2 Å². The van der Waals surface area contributed by atoms with Gasteiger partial charge >= 0.3 is 0 Å². The van der Waals surface area contributed by atoms with Gasteiger partial charge in [-0.25, -0.2) is 4.98 Å². The lowest BCUT2D eigenvalue weighted by molar-refractivity contribution is 0.404. The second-order valence-electron chi connectivity index (χ2n) is 6.48. The second-order valence-corrected chi connectivity index (χ2v) is 6.48. The van der Waals surface area contributed by atoms with Crippen molar-refractivity contribution in [3.05, 3.63) is 29.5 Å². The minimum Gasteiger partial charge on any atom is -0.496 e. The molecular formula is C18H24N4O2. The van der Waals surface area contributed by atoms with E-state index >= 15 is 0 Å². The Labute approximate surface area is 142 Å². The molecule has 3 N–H and O–H groups in total. The Morgan fingerprint density at radius 3 is 2.58 bits per heavy atom. The van der Waals surface area contributed by atoms with E-state index < -0.39 is 0 Å². The molecule has 128 valence electrons. The summed E-state index contributed by atoms with van der Waals surface area (Å²) in [5.74, 6) is 3.31. The molecule has 1 aliphatic carbocycles. The number of hydrogen-bond donors (Lipinski definition) is 2. The molecule has 0 atom stereocenters. The fraction of sp³-hybridized carbons (Fsp3) is 0.444. The number of anilines is 2. The average molecular weight is 328 g/mol. The maximum Gasteiger partial charge on any atom is 0.222 e. The maximum absolute atomic E-state index is 6.16. The van der Waals surface area contributed by atoms with Crippen LogP contribution in [0.1, 0.15) is 43.7 Å². The molecule has 0 amide bonds. The molecule has 6 nitrogen and oxygen atoms in total. The van der Waals surface area contributed by atoms with E-state index in [0.717, 1.165) is 35.5 Å². The summed E-state index contributed by atoms with van der Waals surface area (Å²) in [5.41, 5.74) is 7.92. The first-order valence-electron chi connectivity index (χ1n) is 8.23. The van der Waals surface area contributed by atoms with Gasteiger partial charge in [0, 0.05) is 12.1 Å². The largest absolute Gasteiger partial charge is 0.496 e. The van der Waals surface area contributed by atoms with Crippen LogP contribution in [0.3, 0.4) is 0 Å². The van der Waals surface area contributed by atoms with Crippen LogP contribution in [0.5, 0.6) is 17.2 Å². The molecule has 0 spiro atoms. The van der Waals surface area contributed by atoms with E-state index in [1.165, 1.54) is 0 Å². The van der Waals surface area contributed by atoms with Gasteiger partial charge in [-0.3, -0.25) is 0 Å². The Hall–Kier alpha value is -2.50.